The van der Waals surface area contributed by atoms with Crippen LogP contribution in [0.3, 0.4) is 0 Å². The molecule has 1 aliphatic carbocycles. The summed E-state index contributed by atoms with van der Waals surface area (Å²) in [7, 11) is 1.38. The standard InChI is InChI=1S/C19H24INO3/c1-3-4-5-7-13-10-11-14(22)12-17(13)21-16-9-6-8-15(18(16)20)19(23)24-2/h6,8-9,12-13,21H,3-5,7,10-11H2,1-2H3. The van der Waals surface area contributed by atoms with Crippen LogP contribution >= 0.6 is 22.6 Å². The topological polar surface area (TPSA) is 55.4 Å². The van der Waals surface area contributed by atoms with E-state index in [1.165, 1.54) is 26.4 Å². The number of carbonyl (C=O) groups excluding carboxylic acids is 2. The Morgan fingerprint density at radius 2 is 2.17 bits per heavy atom. The van der Waals surface area contributed by atoms with Gasteiger partial charge in [0, 0.05) is 18.2 Å². The van der Waals surface area contributed by atoms with E-state index in [0.29, 0.717) is 17.9 Å². The molecule has 1 atom stereocenters. The third-order valence-electron chi connectivity index (χ3n) is 4.33. The van der Waals surface area contributed by atoms with Crippen molar-refractivity contribution in [3.8, 4) is 0 Å². The lowest BCUT2D eigenvalue weighted by atomic mass is 9.87. The van der Waals surface area contributed by atoms with Gasteiger partial charge < -0.3 is 10.1 Å². The predicted molar refractivity (Wildman–Crippen MR) is 104 cm³/mol. The average molecular weight is 441 g/mol. The molecule has 2 rings (SSSR count). The zero-order chi connectivity index (χ0) is 17.5. The summed E-state index contributed by atoms with van der Waals surface area (Å²) in [6.07, 6.45) is 7.93. The molecule has 0 fully saturated rings. The van der Waals surface area contributed by atoms with Crippen LogP contribution in [0.15, 0.2) is 30.0 Å². The number of benzene rings is 1. The third kappa shape index (κ3) is 4.82. The minimum Gasteiger partial charge on any atom is -0.465 e. The normalized spacial score (nSPS) is 17.4. The van der Waals surface area contributed by atoms with Crippen molar-refractivity contribution in [3.63, 3.8) is 0 Å². The molecular formula is C19H24INO3. The molecule has 1 aliphatic rings. The Kier molecular flexibility index (Phi) is 7.27. The molecule has 0 bridgehead atoms. The third-order valence-corrected chi connectivity index (χ3v) is 5.50. The van der Waals surface area contributed by atoms with E-state index in [-0.39, 0.29) is 11.8 Å². The molecule has 0 radical (unpaired) electrons. The fourth-order valence-electron chi connectivity index (χ4n) is 2.97. The van der Waals surface area contributed by atoms with Gasteiger partial charge in [0.2, 0.25) is 0 Å². The van der Waals surface area contributed by atoms with E-state index in [1.54, 1.807) is 12.1 Å². The van der Waals surface area contributed by atoms with E-state index < -0.39 is 0 Å². The van der Waals surface area contributed by atoms with Gasteiger partial charge in [-0.15, -0.1) is 0 Å². The molecule has 0 spiro atoms. The van der Waals surface area contributed by atoms with Gasteiger partial charge in [-0.25, -0.2) is 4.79 Å². The fraction of sp³-hybridized carbons (Fsp3) is 0.474. The second-order valence-corrected chi connectivity index (χ2v) is 7.16. The largest absolute Gasteiger partial charge is 0.465 e. The van der Waals surface area contributed by atoms with E-state index in [2.05, 4.69) is 34.8 Å². The first-order valence-electron chi connectivity index (χ1n) is 8.45. The van der Waals surface area contributed by atoms with Crippen LogP contribution in [-0.2, 0) is 9.53 Å². The Morgan fingerprint density at radius 1 is 1.38 bits per heavy atom. The lowest BCUT2D eigenvalue weighted by Gasteiger charge is -2.25. The molecule has 1 aromatic rings. The van der Waals surface area contributed by atoms with Gasteiger partial charge in [0.15, 0.2) is 5.78 Å². The number of halogens is 1. The summed E-state index contributed by atoms with van der Waals surface area (Å²) in [6, 6.07) is 5.50. The van der Waals surface area contributed by atoms with Gasteiger partial charge in [-0.2, -0.15) is 0 Å². The highest BCUT2D eigenvalue weighted by Gasteiger charge is 2.22. The number of ketones is 1. The molecule has 0 heterocycles. The van der Waals surface area contributed by atoms with Crippen molar-refractivity contribution >= 4 is 40.0 Å². The predicted octanol–water partition coefficient (Wildman–Crippen LogP) is 4.93. The molecule has 24 heavy (non-hydrogen) atoms. The van der Waals surface area contributed by atoms with Crippen molar-refractivity contribution in [1.82, 2.24) is 0 Å². The Labute approximate surface area is 157 Å². The quantitative estimate of drug-likeness (QED) is 0.370. The number of rotatable bonds is 7. The summed E-state index contributed by atoms with van der Waals surface area (Å²) in [5.41, 5.74) is 2.36. The first kappa shape index (κ1) is 19.0. The van der Waals surface area contributed by atoms with E-state index >= 15 is 0 Å². The number of hydrogen-bond donors (Lipinski definition) is 1. The molecule has 1 unspecified atom stereocenters. The SMILES string of the molecule is CCCCCC1CCC(=O)C=C1Nc1cccc(C(=O)OC)c1I. The number of nitrogens with one attached hydrogen (secondary N) is 1. The summed E-state index contributed by atoms with van der Waals surface area (Å²) < 4.78 is 5.64. The van der Waals surface area contributed by atoms with Gasteiger partial charge in [0.05, 0.1) is 21.9 Å². The van der Waals surface area contributed by atoms with Gasteiger partial charge in [-0.3, -0.25) is 4.79 Å². The van der Waals surface area contributed by atoms with Gasteiger partial charge >= 0.3 is 5.97 Å². The van der Waals surface area contributed by atoms with Crippen LogP contribution in [0, 0.1) is 9.49 Å². The lowest BCUT2D eigenvalue weighted by molar-refractivity contribution is -0.115. The van der Waals surface area contributed by atoms with Crippen molar-refractivity contribution in [2.45, 2.75) is 45.4 Å². The minimum absolute atomic E-state index is 0.170. The maximum atomic E-state index is 11.9. The van der Waals surface area contributed by atoms with E-state index in [9.17, 15) is 9.59 Å². The summed E-state index contributed by atoms with van der Waals surface area (Å²) >= 11 is 2.15. The molecule has 4 nitrogen and oxygen atoms in total. The Hall–Kier alpha value is -1.37. The lowest BCUT2D eigenvalue weighted by Crippen LogP contribution is -2.20. The smallest absolute Gasteiger partial charge is 0.339 e. The molecule has 1 N–H and O–H groups in total. The number of methoxy groups -OCH3 is 1. The van der Waals surface area contributed by atoms with Crippen LogP contribution in [-0.4, -0.2) is 18.9 Å². The highest BCUT2D eigenvalue weighted by Crippen LogP contribution is 2.31. The second-order valence-electron chi connectivity index (χ2n) is 6.08. The van der Waals surface area contributed by atoms with Crippen molar-refractivity contribution in [3.05, 3.63) is 39.1 Å². The van der Waals surface area contributed by atoms with E-state index in [4.69, 9.17) is 4.74 Å². The highest BCUT2D eigenvalue weighted by molar-refractivity contribution is 14.1. The molecular weight excluding hydrogens is 417 g/mol. The molecule has 0 aromatic heterocycles. The van der Waals surface area contributed by atoms with Crippen LogP contribution in [0.5, 0.6) is 0 Å². The number of allylic oxidation sites excluding steroid dienone is 2. The zero-order valence-electron chi connectivity index (χ0n) is 14.2. The maximum absolute atomic E-state index is 11.9. The average Bonchev–Trinajstić information content (AvgIpc) is 2.58. The first-order valence-corrected chi connectivity index (χ1v) is 9.53. The number of esters is 1. The fourth-order valence-corrected chi connectivity index (χ4v) is 3.68. The number of carbonyl (C=O) groups is 2. The Bertz CT molecular complexity index is 639. The van der Waals surface area contributed by atoms with Crippen molar-refractivity contribution in [1.29, 1.82) is 0 Å². The molecule has 0 amide bonds. The summed E-state index contributed by atoms with van der Waals surface area (Å²) in [5.74, 6) is 0.200. The van der Waals surface area contributed by atoms with Gasteiger partial charge in [0.25, 0.3) is 0 Å². The zero-order valence-corrected chi connectivity index (χ0v) is 16.4. The molecule has 130 valence electrons. The second kappa shape index (κ2) is 9.20. The molecule has 0 aliphatic heterocycles. The number of unbranched alkanes of at least 4 members (excludes halogenated alkanes) is 2. The van der Waals surface area contributed by atoms with Crippen molar-refractivity contribution in [2.75, 3.05) is 12.4 Å². The number of ether oxygens (including phenoxy) is 1. The van der Waals surface area contributed by atoms with Crippen molar-refractivity contribution < 1.29 is 14.3 Å². The Balaban J connectivity index is 2.20. The van der Waals surface area contributed by atoms with E-state index in [0.717, 1.165) is 27.8 Å². The van der Waals surface area contributed by atoms with Crippen LogP contribution in [0.1, 0.15) is 55.8 Å². The highest BCUT2D eigenvalue weighted by atomic mass is 127. The van der Waals surface area contributed by atoms with Crippen LogP contribution in [0.2, 0.25) is 0 Å². The number of anilines is 1. The monoisotopic (exact) mass is 441 g/mol. The molecule has 0 saturated heterocycles. The maximum Gasteiger partial charge on any atom is 0.339 e. The van der Waals surface area contributed by atoms with E-state index in [1.807, 2.05) is 12.1 Å². The van der Waals surface area contributed by atoms with Gasteiger partial charge in [0.1, 0.15) is 0 Å². The van der Waals surface area contributed by atoms with Gasteiger partial charge in [-0.05, 0) is 53.5 Å². The van der Waals surface area contributed by atoms with Gasteiger partial charge in [-0.1, -0.05) is 32.3 Å². The van der Waals surface area contributed by atoms with Crippen LogP contribution < -0.4 is 5.32 Å². The molecule has 1 aromatic carbocycles. The summed E-state index contributed by atoms with van der Waals surface area (Å²) in [6.45, 7) is 2.19. The first-order chi connectivity index (χ1) is 11.6. The van der Waals surface area contributed by atoms with Crippen LogP contribution in [0.4, 0.5) is 5.69 Å². The molecule has 5 heteroatoms. The summed E-state index contributed by atoms with van der Waals surface area (Å²) in [5, 5.41) is 3.40. The summed E-state index contributed by atoms with van der Waals surface area (Å²) in [4.78, 5) is 23.7. The minimum atomic E-state index is -0.351. The number of hydrogen-bond acceptors (Lipinski definition) is 4. The Morgan fingerprint density at radius 3 is 2.88 bits per heavy atom. The molecule has 0 saturated carbocycles. The van der Waals surface area contributed by atoms with Crippen LogP contribution in [0.25, 0.3) is 0 Å². The van der Waals surface area contributed by atoms with Crippen molar-refractivity contribution in [2.24, 2.45) is 5.92 Å².